The van der Waals surface area contributed by atoms with E-state index in [0.717, 1.165) is 6.54 Å². The van der Waals surface area contributed by atoms with Crippen LogP contribution in [0.2, 0.25) is 0 Å². The Balaban J connectivity index is 1.90. The Morgan fingerprint density at radius 1 is 1.35 bits per heavy atom. The fourth-order valence-corrected chi connectivity index (χ4v) is 3.23. The summed E-state index contributed by atoms with van der Waals surface area (Å²) in [5.41, 5.74) is 1.53. The van der Waals surface area contributed by atoms with E-state index in [0.29, 0.717) is 5.54 Å². The first kappa shape index (κ1) is 13.0. The number of thiazole rings is 1. The fourth-order valence-electron chi connectivity index (χ4n) is 2.25. The zero-order valence-electron chi connectivity index (χ0n) is 11.3. The lowest BCUT2D eigenvalue weighted by atomic mass is 9.90. The van der Waals surface area contributed by atoms with Crippen molar-refractivity contribution in [2.24, 2.45) is 0 Å². The Bertz CT molecular complexity index is 359. The number of aryl methyl sites for hydroxylation is 2. The molecule has 17 heavy (non-hydrogen) atoms. The molecule has 0 unspecified atom stereocenters. The zero-order chi connectivity index (χ0) is 12.5. The van der Waals surface area contributed by atoms with Crippen LogP contribution >= 0.6 is 11.3 Å². The van der Waals surface area contributed by atoms with Crippen molar-refractivity contribution >= 4 is 11.3 Å². The van der Waals surface area contributed by atoms with Crippen LogP contribution in [0.1, 0.15) is 35.3 Å². The number of aromatic nitrogens is 1. The van der Waals surface area contributed by atoms with Crippen molar-refractivity contribution in [1.82, 2.24) is 15.2 Å². The number of hydrogen-bond acceptors (Lipinski definition) is 4. The summed E-state index contributed by atoms with van der Waals surface area (Å²) in [4.78, 5) is 8.51. The van der Waals surface area contributed by atoms with E-state index in [1.807, 2.05) is 11.3 Å². The maximum absolute atomic E-state index is 4.62. The van der Waals surface area contributed by atoms with Crippen LogP contribution in [0.4, 0.5) is 0 Å². The Hall–Kier alpha value is -0.450. The van der Waals surface area contributed by atoms with Crippen molar-refractivity contribution in [2.45, 2.75) is 45.7 Å². The minimum absolute atomic E-state index is 0.339. The minimum atomic E-state index is 0.339. The molecule has 0 aromatic carbocycles. The van der Waals surface area contributed by atoms with Gasteiger partial charge in [-0.2, -0.15) is 0 Å². The first-order chi connectivity index (χ1) is 8.02. The second-order valence-corrected chi connectivity index (χ2v) is 6.62. The summed E-state index contributed by atoms with van der Waals surface area (Å²) in [6.07, 6.45) is 2.46. The lowest BCUT2D eigenvalue weighted by Crippen LogP contribution is -2.49. The molecular formula is C13H23N3S. The van der Waals surface area contributed by atoms with E-state index in [4.69, 9.17) is 0 Å². The van der Waals surface area contributed by atoms with Gasteiger partial charge in [-0.3, -0.25) is 4.90 Å². The summed E-state index contributed by atoms with van der Waals surface area (Å²) < 4.78 is 0. The third kappa shape index (κ3) is 3.06. The van der Waals surface area contributed by atoms with Gasteiger partial charge in [0.1, 0.15) is 5.01 Å². The average Bonchev–Trinajstić information content (AvgIpc) is 2.62. The highest BCUT2D eigenvalue weighted by atomic mass is 32.1. The van der Waals surface area contributed by atoms with Gasteiger partial charge in [0.05, 0.1) is 12.2 Å². The van der Waals surface area contributed by atoms with E-state index in [-0.39, 0.29) is 0 Å². The number of piperidine rings is 1. The van der Waals surface area contributed by atoms with Crippen LogP contribution in [0.3, 0.4) is 0 Å². The molecule has 1 N–H and O–H groups in total. The van der Waals surface area contributed by atoms with Crippen molar-refractivity contribution in [3.05, 3.63) is 15.6 Å². The van der Waals surface area contributed by atoms with Crippen LogP contribution < -0.4 is 5.32 Å². The largest absolute Gasteiger partial charge is 0.314 e. The van der Waals surface area contributed by atoms with Crippen molar-refractivity contribution in [3.63, 3.8) is 0 Å². The molecule has 1 aromatic rings. The third-order valence-corrected chi connectivity index (χ3v) is 5.05. The first-order valence-electron chi connectivity index (χ1n) is 6.36. The molecule has 2 heterocycles. The number of nitrogens with one attached hydrogen (secondary N) is 1. The van der Waals surface area contributed by atoms with Crippen LogP contribution in [-0.4, -0.2) is 35.6 Å². The van der Waals surface area contributed by atoms with Crippen molar-refractivity contribution in [3.8, 4) is 0 Å². The van der Waals surface area contributed by atoms with Crippen LogP contribution in [0, 0.1) is 13.8 Å². The Morgan fingerprint density at radius 3 is 2.47 bits per heavy atom. The average molecular weight is 253 g/mol. The van der Waals surface area contributed by atoms with E-state index in [1.165, 1.54) is 41.5 Å². The van der Waals surface area contributed by atoms with E-state index < -0.39 is 0 Å². The third-order valence-electron chi connectivity index (χ3n) is 3.99. The predicted octanol–water partition coefficient (Wildman–Crippen LogP) is 2.33. The molecule has 0 spiro atoms. The number of likely N-dealkylation sites (tertiary alicyclic amines) is 1. The molecule has 1 aliphatic rings. The van der Waals surface area contributed by atoms with Gasteiger partial charge in [0.25, 0.3) is 0 Å². The maximum Gasteiger partial charge on any atom is 0.107 e. The van der Waals surface area contributed by atoms with Crippen molar-refractivity contribution in [1.29, 1.82) is 0 Å². The number of nitrogens with zero attached hydrogens (tertiary/aromatic N) is 2. The molecule has 96 valence electrons. The summed E-state index contributed by atoms with van der Waals surface area (Å²) in [5.74, 6) is 0. The highest BCUT2D eigenvalue weighted by Crippen LogP contribution is 2.24. The summed E-state index contributed by atoms with van der Waals surface area (Å²) in [5, 5.41) is 4.71. The summed E-state index contributed by atoms with van der Waals surface area (Å²) in [6.45, 7) is 9.96. The molecule has 0 radical (unpaired) electrons. The zero-order valence-corrected chi connectivity index (χ0v) is 12.2. The molecule has 1 aromatic heterocycles. The normalized spacial score (nSPS) is 20.7. The maximum atomic E-state index is 4.62. The molecule has 1 saturated heterocycles. The van der Waals surface area contributed by atoms with Gasteiger partial charge in [0, 0.05) is 23.5 Å². The Kier molecular flexibility index (Phi) is 3.85. The molecule has 3 nitrogen and oxygen atoms in total. The second kappa shape index (κ2) is 5.04. The summed E-state index contributed by atoms with van der Waals surface area (Å²) >= 11 is 1.85. The Labute approximate surface area is 108 Å². The van der Waals surface area contributed by atoms with Crippen molar-refractivity contribution < 1.29 is 0 Å². The quantitative estimate of drug-likeness (QED) is 0.896. The van der Waals surface area contributed by atoms with E-state index in [2.05, 4.69) is 43.0 Å². The van der Waals surface area contributed by atoms with Gasteiger partial charge in [-0.25, -0.2) is 4.98 Å². The highest BCUT2D eigenvalue weighted by molar-refractivity contribution is 7.11. The molecule has 1 aliphatic heterocycles. The van der Waals surface area contributed by atoms with Gasteiger partial charge < -0.3 is 5.32 Å². The van der Waals surface area contributed by atoms with Crippen LogP contribution in [0.5, 0.6) is 0 Å². The lowest BCUT2D eigenvalue weighted by Gasteiger charge is -2.39. The minimum Gasteiger partial charge on any atom is -0.314 e. The molecular weight excluding hydrogens is 230 g/mol. The molecule has 4 heteroatoms. The molecule has 2 rings (SSSR count). The SMILES string of the molecule is CNC1(C)CCN(Cc2nc(C)c(C)s2)CC1. The molecule has 0 saturated carbocycles. The summed E-state index contributed by atoms with van der Waals surface area (Å²) in [6, 6.07) is 0. The van der Waals surface area contributed by atoms with Crippen molar-refractivity contribution in [2.75, 3.05) is 20.1 Å². The first-order valence-corrected chi connectivity index (χ1v) is 7.18. The van der Waals surface area contributed by atoms with Gasteiger partial charge in [0.15, 0.2) is 0 Å². The van der Waals surface area contributed by atoms with E-state index in [9.17, 15) is 0 Å². The van der Waals surface area contributed by atoms with Gasteiger partial charge >= 0.3 is 0 Å². The topological polar surface area (TPSA) is 28.2 Å². The van der Waals surface area contributed by atoms with Crippen LogP contribution in [-0.2, 0) is 6.54 Å². The van der Waals surface area contributed by atoms with E-state index in [1.54, 1.807) is 0 Å². The molecule has 0 aliphatic carbocycles. The number of rotatable bonds is 3. The lowest BCUT2D eigenvalue weighted by molar-refractivity contribution is 0.146. The predicted molar refractivity (Wildman–Crippen MR) is 73.6 cm³/mol. The smallest absolute Gasteiger partial charge is 0.107 e. The second-order valence-electron chi connectivity index (χ2n) is 5.34. The van der Waals surface area contributed by atoms with Crippen LogP contribution in [0.15, 0.2) is 0 Å². The fraction of sp³-hybridized carbons (Fsp3) is 0.769. The standard InChI is InChI=1S/C13H23N3S/c1-10-11(2)17-12(15-10)9-16-7-5-13(3,14-4)6-8-16/h14H,5-9H2,1-4H3. The van der Waals surface area contributed by atoms with Gasteiger partial charge in [-0.05, 0) is 40.7 Å². The molecule has 0 atom stereocenters. The molecule has 1 fully saturated rings. The monoisotopic (exact) mass is 253 g/mol. The van der Waals surface area contributed by atoms with Gasteiger partial charge in [-0.1, -0.05) is 0 Å². The number of hydrogen-bond donors (Lipinski definition) is 1. The molecule has 0 bridgehead atoms. The van der Waals surface area contributed by atoms with Gasteiger partial charge in [-0.15, -0.1) is 11.3 Å². The Morgan fingerprint density at radius 2 is 2.00 bits per heavy atom. The van der Waals surface area contributed by atoms with Crippen LogP contribution in [0.25, 0.3) is 0 Å². The molecule has 0 amide bonds. The highest BCUT2D eigenvalue weighted by Gasteiger charge is 2.28. The van der Waals surface area contributed by atoms with Gasteiger partial charge in [0.2, 0.25) is 0 Å². The van der Waals surface area contributed by atoms with E-state index >= 15 is 0 Å². The summed E-state index contributed by atoms with van der Waals surface area (Å²) in [7, 11) is 2.07.